The summed E-state index contributed by atoms with van der Waals surface area (Å²) >= 11 is 0. The van der Waals surface area contributed by atoms with Crippen molar-refractivity contribution in [2.45, 2.75) is 83.1 Å². The quantitative estimate of drug-likeness (QED) is 0.0534. The van der Waals surface area contributed by atoms with Gasteiger partial charge in [-0.3, -0.25) is 14.5 Å². The molecule has 4 atom stereocenters. The molecule has 60 heavy (non-hydrogen) atoms. The summed E-state index contributed by atoms with van der Waals surface area (Å²) in [6.45, 7) is 3.40. The SMILES string of the molecule is C[C@H](c1ccc2ccccc2c1)N(C)C[C@@H]1C[C@H](c2ccc(CO)cc2)O[C@H](c2ccc(-c3cccc(CNC(=O)CCCCCC(=O)Nc4ccccc4N)c3)cc2)O1. The second kappa shape index (κ2) is 20.4. The third-order valence-electron chi connectivity index (χ3n) is 11.5. The fourth-order valence-corrected chi connectivity index (χ4v) is 7.79. The van der Waals surface area contributed by atoms with E-state index >= 15 is 0 Å². The molecule has 9 heteroatoms. The maximum Gasteiger partial charge on any atom is 0.224 e. The lowest BCUT2D eigenvalue weighted by molar-refractivity contribution is -0.253. The van der Waals surface area contributed by atoms with Crippen molar-refractivity contribution in [1.82, 2.24) is 10.2 Å². The van der Waals surface area contributed by atoms with Crippen molar-refractivity contribution in [3.8, 4) is 11.1 Å². The van der Waals surface area contributed by atoms with Crippen molar-refractivity contribution in [3.05, 3.63) is 167 Å². The molecule has 0 aliphatic carbocycles. The van der Waals surface area contributed by atoms with Crippen LogP contribution >= 0.6 is 0 Å². The number of carbonyl (C=O) groups is 2. The van der Waals surface area contributed by atoms with Gasteiger partial charge in [-0.25, -0.2) is 0 Å². The van der Waals surface area contributed by atoms with Crippen molar-refractivity contribution in [1.29, 1.82) is 0 Å². The number of nitrogen functional groups attached to an aromatic ring is 1. The van der Waals surface area contributed by atoms with Gasteiger partial charge in [-0.1, -0.05) is 122 Å². The second-order valence-corrected chi connectivity index (χ2v) is 15.9. The number of nitrogens with zero attached hydrogens (tertiary/aromatic N) is 1. The second-order valence-electron chi connectivity index (χ2n) is 15.9. The number of para-hydroxylation sites is 2. The number of carbonyl (C=O) groups excluding carboxylic acids is 2. The molecule has 0 unspecified atom stereocenters. The van der Waals surface area contributed by atoms with Crippen LogP contribution in [-0.2, 0) is 32.2 Å². The molecule has 9 nitrogen and oxygen atoms in total. The molecule has 0 bridgehead atoms. The summed E-state index contributed by atoms with van der Waals surface area (Å²) in [6.07, 6.45) is 2.88. The fourth-order valence-electron chi connectivity index (χ4n) is 7.79. The number of likely N-dealkylation sites (N-methyl/N-ethyl adjacent to an activating group) is 1. The normalized spacial score (nSPS) is 17.0. The number of unbranched alkanes of at least 4 members (excludes halogenated alkanes) is 2. The van der Waals surface area contributed by atoms with Gasteiger partial charge in [0.25, 0.3) is 0 Å². The third-order valence-corrected chi connectivity index (χ3v) is 11.5. The van der Waals surface area contributed by atoms with E-state index in [0.717, 1.165) is 46.3 Å². The Labute approximate surface area is 353 Å². The smallest absolute Gasteiger partial charge is 0.224 e. The van der Waals surface area contributed by atoms with Crippen molar-refractivity contribution in [3.63, 3.8) is 0 Å². The number of aliphatic hydroxyl groups is 1. The van der Waals surface area contributed by atoms with Crippen LogP contribution < -0.4 is 16.4 Å². The van der Waals surface area contributed by atoms with Gasteiger partial charge in [-0.2, -0.15) is 0 Å². The lowest BCUT2D eigenvalue weighted by Crippen LogP contribution is -2.38. The monoisotopic (exact) mass is 804 g/mol. The Kier molecular flexibility index (Phi) is 14.4. The van der Waals surface area contributed by atoms with Gasteiger partial charge in [0.2, 0.25) is 11.8 Å². The summed E-state index contributed by atoms with van der Waals surface area (Å²) in [5, 5.41) is 18.0. The molecule has 0 aromatic heterocycles. The number of ether oxygens (including phenoxy) is 2. The van der Waals surface area contributed by atoms with Crippen molar-refractivity contribution in [2.75, 3.05) is 24.6 Å². The molecule has 1 aliphatic rings. The highest BCUT2D eigenvalue weighted by Gasteiger charge is 2.33. The van der Waals surface area contributed by atoms with E-state index in [4.69, 9.17) is 15.2 Å². The summed E-state index contributed by atoms with van der Waals surface area (Å²) < 4.78 is 13.4. The van der Waals surface area contributed by atoms with Gasteiger partial charge in [0.15, 0.2) is 6.29 Å². The van der Waals surface area contributed by atoms with E-state index in [-0.39, 0.29) is 36.7 Å². The zero-order valence-corrected chi connectivity index (χ0v) is 34.6. The van der Waals surface area contributed by atoms with E-state index in [0.29, 0.717) is 50.0 Å². The number of hydrogen-bond acceptors (Lipinski definition) is 7. The molecule has 1 fully saturated rings. The molecule has 0 spiro atoms. The lowest BCUT2D eigenvalue weighted by atomic mass is 9.98. The van der Waals surface area contributed by atoms with Crippen LogP contribution in [0.1, 0.15) is 91.7 Å². The van der Waals surface area contributed by atoms with E-state index in [1.54, 1.807) is 12.1 Å². The van der Waals surface area contributed by atoms with Crippen LogP contribution in [0.25, 0.3) is 21.9 Å². The number of fused-ring (bicyclic) bond motifs is 1. The van der Waals surface area contributed by atoms with Gasteiger partial charge >= 0.3 is 0 Å². The van der Waals surface area contributed by atoms with Crippen LogP contribution in [0, 0.1) is 0 Å². The minimum atomic E-state index is -0.558. The van der Waals surface area contributed by atoms with Gasteiger partial charge in [0.1, 0.15) is 0 Å². The molecule has 0 radical (unpaired) electrons. The first kappa shape index (κ1) is 42.3. The van der Waals surface area contributed by atoms with Gasteiger partial charge in [0, 0.05) is 44.0 Å². The highest BCUT2D eigenvalue weighted by atomic mass is 16.7. The Morgan fingerprint density at radius 3 is 2.22 bits per heavy atom. The molecule has 6 aromatic rings. The average molecular weight is 805 g/mol. The minimum Gasteiger partial charge on any atom is -0.397 e. The van der Waals surface area contributed by atoms with Crippen LogP contribution in [-0.4, -0.2) is 41.5 Å². The summed E-state index contributed by atoms with van der Waals surface area (Å²) in [7, 11) is 2.16. The number of rotatable bonds is 17. The highest BCUT2D eigenvalue weighted by Crippen LogP contribution is 2.39. The Balaban J connectivity index is 0.936. The van der Waals surface area contributed by atoms with E-state index in [9.17, 15) is 14.7 Å². The number of nitrogens with two attached hydrogens (primary N) is 1. The van der Waals surface area contributed by atoms with Crippen LogP contribution in [0.4, 0.5) is 11.4 Å². The fraction of sp³-hybridized carbons (Fsp3) is 0.294. The summed E-state index contributed by atoms with van der Waals surface area (Å²) in [6, 6.07) is 47.1. The van der Waals surface area contributed by atoms with Gasteiger partial charge in [0.05, 0.1) is 30.2 Å². The van der Waals surface area contributed by atoms with Gasteiger partial charge < -0.3 is 30.9 Å². The zero-order valence-electron chi connectivity index (χ0n) is 34.6. The molecule has 2 amide bonds. The lowest BCUT2D eigenvalue weighted by Gasteiger charge is -2.39. The topological polar surface area (TPSA) is 126 Å². The molecule has 1 aliphatic heterocycles. The molecule has 7 rings (SSSR count). The maximum atomic E-state index is 12.7. The molecule has 5 N–H and O–H groups in total. The first-order valence-electron chi connectivity index (χ1n) is 21.0. The Hall–Kier alpha value is -5.84. The van der Waals surface area contributed by atoms with E-state index in [1.807, 2.05) is 48.5 Å². The zero-order chi connectivity index (χ0) is 41.8. The molecule has 0 saturated carbocycles. The summed E-state index contributed by atoms with van der Waals surface area (Å²) in [4.78, 5) is 27.3. The van der Waals surface area contributed by atoms with Crippen LogP contribution in [0.5, 0.6) is 0 Å². The number of nitrogens with one attached hydrogen (secondary N) is 2. The van der Waals surface area contributed by atoms with Gasteiger partial charge in [-0.05, 0) is 95.2 Å². The van der Waals surface area contributed by atoms with E-state index in [2.05, 4.69) is 108 Å². The number of benzene rings is 6. The van der Waals surface area contributed by atoms with E-state index in [1.165, 1.54) is 16.3 Å². The summed E-state index contributed by atoms with van der Waals surface area (Å²) in [5.41, 5.74) is 14.3. The number of anilines is 2. The Bertz CT molecular complexity index is 2350. The molecular weight excluding hydrogens is 749 g/mol. The first-order chi connectivity index (χ1) is 29.2. The summed E-state index contributed by atoms with van der Waals surface area (Å²) in [5.74, 6) is -0.0811. The molecular formula is C51H56N4O5. The molecule has 310 valence electrons. The minimum absolute atomic E-state index is 0.00152. The van der Waals surface area contributed by atoms with Crippen molar-refractivity contribution < 1.29 is 24.2 Å². The standard InChI is InChI=1S/C51H56N4O5/c1-35(42-28-25-38-12-6-7-13-44(38)30-42)55(2)33-45-31-48(40-21-19-36(34-56)20-22-40)60-51(59-45)41-26-23-39(24-27-41)43-14-10-11-37(29-43)32-53-49(57)17-4-3-5-18-50(58)54-47-16-9-8-15-46(47)52/h6-16,19-30,35,45,48,51,56H,3-5,17-18,31-34,52H2,1-2H3,(H,53,57)(H,54,58)/t35-,45+,48-,51-/m1/s1. The van der Waals surface area contributed by atoms with Crippen molar-refractivity contribution in [2.24, 2.45) is 0 Å². The number of amides is 2. The predicted octanol–water partition coefficient (Wildman–Crippen LogP) is 10.0. The van der Waals surface area contributed by atoms with Gasteiger partial charge in [-0.15, -0.1) is 0 Å². The van der Waals surface area contributed by atoms with E-state index < -0.39 is 6.29 Å². The van der Waals surface area contributed by atoms with Crippen LogP contribution in [0.2, 0.25) is 0 Å². The predicted molar refractivity (Wildman–Crippen MR) is 240 cm³/mol. The maximum absolute atomic E-state index is 12.7. The number of aliphatic hydroxyl groups excluding tert-OH is 1. The number of hydrogen-bond donors (Lipinski definition) is 4. The Morgan fingerprint density at radius 2 is 1.45 bits per heavy atom. The molecule has 1 saturated heterocycles. The highest BCUT2D eigenvalue weighted by molar-refractivity contribution is 5.93. The average Bonchev–Trinajstić information content (AvgIpc) is 3.28. The molecule has 6 aromatic carbocycles. The van der Waals surface area contributed by atoms with Crippen LogP contribution in [0.15, 0.2) is 140 Å². The largest absolute Gasteiger partial charge is 0.397 e. The molecule has 1 heterocycles. The van der Waals surface area contributed by atoms with Crippen molar-refractivity contribution >= 4 is 34.0 Å². The Morgan fingerprint density at radius 1 is 0.733 bits per heavy atom. The first-order valence-corrected chi connectivity index (χ1v) is 21.0. The van der Waals surface area contributed by atoms with Crippen LogP contribution in [0.3, 0.4) is 0 Å². The third kappa shape index (κ3) is 11.2.